The molecule has 0 aliphatic rings. The molecule has 0 saturated heterocycles. The van der Waals surface area contributed by atoms with Gasteiger partial charge in [-0.3, -0.25) is 9.69 Å². The lowest BCUT2D eigenvalue weighted by Crippen LogP contribution is -2.32. The van der Waals surface area contributed by atoms with Crippen LogP contribution in [0.15, 0.2) is 30.3 Å². The lowest BCUT2D eigenvalue weighted by molar-refractivity contribution is -0.138. The topological polar surface area (TPSA) is 49.8 Å². The Labute approximate surface area is 108 Å². The summed E-state index contributed by atoms with van der Waals surface area (Å²) in [6.07, 6.45) is 1.80. The van der Waals surface area contributed by atoms with Crippen molar-refractivity contribution in [3.05, 3.63) is 30.3 Å². The highest BCUT2D eigenvalue weighted by atomic mass is 16.5. The number of benzene rings is 1. The maximum absolute atomic E-state index is 10.7. The molecule has 0 aliphatic heterocycles. The molecule has 0 heterocycles. The van der Waals surface area contributed by atoms with Crippen molar-refractivity contribution in [2.45, 2.75) is 19.8 Å². The highest BCUT2D eigenvalue weighted by molar-refractivity contribution is 5.69. The second-order valence-corrected chi connectivity index (χ2v) is 4.18. The molecule has 0 saturated carbocycles. The van der Waals surface area contributed by atoms with E-state index in [-0.39, 0.29) is 6.54 Å². The van der Waals surface area contributed by atoms with E-state index in [2.05, 4.69) is 6.92 Å². The van der Waals surface area contributed by atoms with Gasteiger partial charge < -0.3 is 9.84 Å². The third-order valence-electron chi connectivity index (χ3n) is 2.53. The number of carbonyl (C=O) groups is 1. The highest BCUT2D eigenvalue weighted by Crippen LogP contribution is 2.08. The molecule has 4 nitrogen and oxygen atoms in total. The number of carboxylic acids is 1. The molecule has 1 N–H and O–H groups in total. The summed E-state index contributed by atoms with van der Waals surface area (Å²) in [5, 5.41) is 8.77. The first-order chi connectivity index (χ1) is 8.72. The Kier molecular flexibility index (Phi) is 6.87. The standard InChI is InChI=1S/C14H21NO3/c1-2-9-15(12-14(16)17)10-6-11-18-13-7-4-3-5-8-13/h3-5,7-8H,2,6,9-12H2,1H3,(H,16,17). The quantitative estimate of drug-likeness (QED) is 0.684. The number of rotatable bonds is 9. The van der Waals surface area contributed by atoms with E-state index >= 15 is 0 Å². The number of hydrogen-bond acceptors (Lipinski definition) is 3. The van der Waals surface area contributed by atoms with E-state index in [1.807, 2.05) is 35.2 Å². The molecular formula is C14H21NO3. The van der Waals surface area contributed by atoms with Crippen LogP contribution >= 0.6 is 0 Å². The molecule has 4 heteroatoms. The Morgan fingerprint density at radius 3 is 2.61 bits per heavy atom. The zero-order chi connectivity index (χ0) is 13.2. The Hall–Kier alpha value is -1.55. The molecule has 0 spiro atoms. The van der Waals surface area contributed by atoms with Crippen molar-refractivity contribution in [3.8, 4) is 5.75 Å². The number of ether oxygens (including phenoxy) is 1. The van der Waals surface area contributed by atoms with Gasteiger partial charge in [-0.05, 0) is 31.5 Å². The van der Waals surface area contributed by atoms with Crippen LogP contribution in [0.5, 0.6) is 5.75 Å². The third-order valence-corrected chi connectivity index (χ3v) is 2.53. The minimum atomic E-state index is -0.771. The van der Waals surface area contributed by atoms with Gasteiger partial charge in [-0.15, -0.1) is 0 Å². The van der Waals surface area contributed by atoms with E-state index in [4.69, 9.17) is 9.84 Å². The number of carboxylic acid groups (broad SMARTS) is 1. The van der Waals surface area contributed by atoms with E-state index in [1.54, 1.807) is 0 Å². The fourth-order valence-corrected chi connectivity index (χ4v) is 1.77. The van der Waals surface area contributed by atoms with Gasteiger partial charge in [0, 0.05) is 6.54 Å². The summed E-state index contributed by atoms with van der Waals surface area (Å²) in [6, 6.07) is 9.65. The van der Waals surface area contributed by atoms with Crippen LogP contribution in [-0.4, -0.2) is 42.2 Å². The number of nitrogens with zero attached hydrogens (tertiary/aromatic N) is 1. The minimum absolute atomic E-state index is 0.110. The highest BCUT2D eigenvalue weighted by Gasteiger charge is 2.07. The first kappa shape index (κ1) is 14.5. The fraction of sp³-hybridized carbons (Fsp3) is 0.500. The van der Waals surface area contributed by atoms with Crippen molar-refractivity contribution in [1.82, 2.24) is 4.90 Å². The Bertz CT molecular complexity index is 340. The van der Waals surface area contributed by atoms with Gasteiger partial charge in [-0.2, -0.15) is 0 Å². The maximum atomic E-state index is 10.7. The third kappa shape index (κ3) is 6.25. The van der Waals surface area contributed by atoms with Gasteiger partial charge in [-0.25, -0.2) is 0 Å². The van der Waals surface area contributed by atoms with Gasteiger partial charge >= 0.3 is 5.97 Å². The summed E-state index contributed by atoms with van der Waals surface area (Å²) >= 11 is 0. The summed E-state index contributed by atoms with van der Waals surface area (Å²) in [5.41, 5.74) is 0. The molecular weight excluding hydrogens is 230 g/mol. The van der Waals surface area contributed by atoms with Crippen LogP contribution in [0.2, 0.25) is 0 Å². The number of hydrogen-bond donors (Lipinski definition) is 1. The van der Waals surface area contributed by atoms with Crippen molar-refractivity contribution in [3.63, 3.8) is 0 Å². The zero-order valence-corrected chi connectivity index (χ0v) is 10.8. The summed E-state index contributed by atoms with van der Waals surface area (Å²) in [6.45, 7) is 4.35. The Morgan fingerprint density at radius 2 is 2.00 bits per heavy atom. The van der Waals surface area contributed by atoms with E-state index in [0.717, 1.165) is 31.7 Å². The van der Waals surface area contributed by atoms with Gasteiger partial charge in [0.05, 0.1) is 13.2 Å². The van der Waals surface area contributed by atoms with Gasteiger partial charge in [0.25, 0.3) is 0 Å². The molecule has 0 fully saturated rings. The van der Waals surface area contributed by atoms with Gasteiger partial charge in [-0.1, -0.05) is 25.1 Å². The molecule has 18 heavy (non-hydrogen) atoms. The first-order valence-electron chi connectivity index (χ1n) is 6.34. The van der Waals surface area contributed by atoms with Crippen molar-refractivity contribution in [2.24, 2.45) is 0 Å². The minimum Gasteiger partial charge on any atom is -0.494 e. The van der Waals surface area contributed by atoms with Crippen LogP contribution in [0, 0.1) is 0 Å². The number of aliphatic carboxylic acids is 1. The normalized spacial score (nSPS) is 10.6. The summed E-state index contributed by atoms with van der Waals surface area (Å²) in [7, 11) is 0. The van der Waals surface area contributed by atoms with Gasteiger partial charge in [0.15, 0.2) is 0 Å². The Balaban J connectivity index is 2.20. The molecule has 0 aliphatic carbocycles. The molecule has 0 aromatic heterocycles. The average molecular weight is 251 g/mol. The lowest BCUT2D eigenvalue weighted by Gasteiger charge is -2.19. The molecule has 1 aromatic rings. The largest absolute Gasteiger partial charge is 0.494 e. The molecule has 0 amide bonds. The van der Waals surface area contributed by atoms with Gasteiger partial charge in [0.1, 0.15) is 5.75 Å². The molecule has 0 atom stereocenters. The summed E-state index contributed by atoms with van der Waals surface area (Å²) in [4.78, 5) is 12.6. The maximum Gasteiger partial charge on any atom is 0.317 e. The van der Waals surface area contributed by atoms with Crippen LogP contribution < -0.4 is 4.74 Å². The van der Waals surface area contributed by atoms with Crippen LogP contribution in [0.4, 0.5) is 0 Å². The second-order valence-electron chi connectivity index (χ2n) is 4.18. The van der Waals surface area contributed by atoms with Crippen LogP contribution in [0.3, 0.4) is 0 Å². The number of para-hydroxylation sites is 1. The van der Waals surface area contributed by atoms with Crippen molar-refractivity contribution in [2.75, 3.05) is 26.2 Å². The van der Waals surface area contributed by atoms with Crippen LogP contribution in [-0.2, 0) is 4.79 Å². The summed E-state index contributed by atoms with van der Waals surface area (Å²) in [5.74, 6) is 0.0882. The van der Waals surface area contributed by atoms with Crippen molar-refractivity contribution in [1.29, 1.82) is 0 Å². The smallest absolute Gasteiger partial charge is 0.317 e. The summed E-state index contributed by atoms with van der Waals surface area (Å²) < 4.78 is 5.57. The molecule has 0 bridgehead atoms. The molecule has 0 unspecified atom stereocenters. The Morgan fingerprint density at radius 1 is 1.28 bits per heavy atom. The first-order valence-corrected chi connectivity index (χ1v) is 6.34. The average Bonchev–Trinajstić information content (AvgIpc) is 2.35. The monoisotopic (exact) mass is 251 g/mol. The second kappa shape index (κ2) is 8.53. The van der Waals surface area contributed by atoms with Crippen molar-refractivity contribution >= 4 is 5.97 Å². The van der Waals surface area contributed by atoms with Gasteiger partial charge in [0.2, 0.25) is 0 Å². The van der Waals surface area contributed by atoms with E-state index in [9.17, 15) is 4.79 Å². The molecule has 0 radical (unpaired) electrons. The van der Waals surface area contributed by atoms with Crippen LogP contribution in [0.1, 0.15) is 19.8 Å². The van der Waals surface area contributed by atoms with E-state index in [0.29, 0.717) is 6.61 Å². The van der Waals surface area contributed by atoms with Crippen molar-refractivity contribution < 1.29 is 14.6 Å². The predicted molar refractivity (Wildman–Crippen MR) is 70.9 cm³/mol. The van der Waals surface area contributed by atoms with E-state index in [1.165, 1.54) is 0 Å². The fourth-order valence-electron chi connectivity index (χ4n) is 1.77. The lowest BCUT2D eigenvalue weighted by atomic mass is 10.3. The van der Waals surface area contributed by atoms with Crippen LogP contribution in [0.25, 0.3) is 0 Å². The zero-order valence-electron chi connectivity index (χ0n) is 10.8. The SMILES string of the molecule is CCCN(CCCOc1ccccc1)CC(=O)O. The molecule has 100 valence electrons. The predicted octanol–water partition coefficient (Wildman–Crippen LogP) is 2.25. The molecule has 1 rings (SSSR count). The molecule has 1 aromatic carbocycles. The van der Waals surface area contributed by atoms with E-state index < -0.39 is 5.97 Å².